The second kappa shape index (κ2) is 11.1. The van der Waals surface area contributed by atoms with Crippen LogP contribution in [0.25, 0.3) is 0 Å². The first kappa shape index (κ1) is 30.3. The van der Waals surface area contributed by atoms with Crippen LogP contribution in [0.3, 0.4) is 0 Å². The topological polar surface area (TPSA) is 108 Å². The molecule has 38 heavy (non-hydrogen) atoms. The maximum Gasteiger partial charge on any atom is 0.459 e. The zero-order valence-corrected chi connectivity index (χ0v) is 20.6. The van der Waals surface area contributed by atoms with Gasteiger partial charge in [-0.2, -0.15) is 35.0 Å². The SMILES string of the molecule is O=C(NO)C1(S(=O)(=O)N2CCN(c3ccc(COCC(F)(F)C(F)(F)C(F)(F)F)cc3)CC2)CCOCC1. The Morgan fingerprint density at radius 2 is 1.55 bits per heavy atom. The van der Waals surface area contributed by atoms with Crippen LogP contribution in [0.4, 0.5) is 36.4 Å². The van der Waals surface area contributed by atoms with Gasteiger partial charge in [-0.1, -0.05) is 12.1 Å². The van der Waals surface area contributed by atoms with E-state index in [1.165, 1.54) is 34.1 Å². The molecule has 9 nitrogen and oxygen atoms in total. The number of ether oxygens (including phenoxy) is 2. The first-order chi connectivity index (χ1) is 17.6. The minimum atomic E-state index is -6.43. The van der Waals surface area contributed by atoms with E-state index in [4.69, 9.17) is 9.94 Å². The van der Waals surface area contributed by atoms with Gasteiger partial charge >= 0.3 is 18.0 Å². The first-order valence-electron chi connectivity index (χ1n) is 11.3. The minimum absolute atomic E-state index is 0.0248. The Balaban J connectivity index is 1.57. The molecular formula is C21H26F7N3O6S. The molecule has 2 N–H and O–H groups in total. The lowest BCUT2D eigenvalue weighted by Gasteiger charge is -2.42. The van der Waals surface area contributed by atoms with Crippen molar-refractivity contribution in [3.63, 3.8) is 0 Å². The molecule has 0 unspecified atom stereocenters. The fourth-order valence-corrected chi connectivity index (χ4v) is 6.34. The number of sulfonamides is 1. The molecule has 0 aromatic heterocycles. The van der Waals surface area contributed by atoms with E-state index in [9.17, 15) is 43.9 Å². The van der Waals surface area contributed by atoms with E-state index in [1.54, 1.807) is 4.90 Å². The number of anilines is 1. The van der Waals surface area contributed by atoms with Crippen molar-refractivity contribution in [1.29, 1.82) is 0 Å². The molecule has 2 saturated heterocycles. The number of alkyl halides is 7. The van der Waals surface area contributed by atoms with Gasteiger partial charge in [0.15, 0.2) is 4.75 Å². The molecule has 1 aromatic rings. The number of hydrogen-bond acceptors (Lipinski definition) is 7. The molecule has 0 aliphatic carbocycles. The number of halogens is 7. The van der Waals surface area contributed by atoms with Gasteiger partial charge in [0.25, 0.3) is 5.91 Å². The van der Waals surface area contributed by atoms with Crippen LogP contribution in [0.15, 0.2) is 24.3 Å². The molecule has 0 bridgehead atoms. The van der Waals surface area contributed by atoms with E-state index in [2.05, 4.69) is 4.74 Å². The molecule has 3 rings (SSSR count). The number of carbonyl (C=O) groups excluding carboxylic acids is 1. The Bertz CT molecular complexity index is 1070. The highest BCUT2D eigenvalue weighted by Gasteiger charge is 2.73. The maximum absolute atomic E-state index is 13.3. The minimum Gasteiger partial charge on any atom is -0.381 e. The molecule has 2 heterocycles. The zero-order valence-electron chi connectivity index (χ0n) is 19.8. The summed E-state index contributed by atoms with van der Waals surface area (Å²) < 4.78 is 125. The molecule has 0 saturated carbocycles. The van der Waals surface area contributed by atoms with Gasteiger partial charge in [0, 0.05) is 57.9 Å². The van der Waals surface area contributed by atoms with E-state index in [0.29, 0.717) is 5.69 Å². The molecule has 0 radical (unpaired) electrons. The zero-order chi connectivity index (χ0) is 28.4. The van der Waals surface area contributed by atoms with Crippen LogP contribution in [0, 0.1) is 0 Å². The standard InChI is InChI=1S/C21H26F7N3O6S/c22-19(23,20(24,25)21(26,27)28)14-37-13-15-1-3-16(4-2-15)30-7-9-31(10-8-30)38(34,35)18(17(32)29-33)5-11-36-12-6-18/h1-4,33H,5-14H2,(H,29,32). The van der Waals surface area contributed by atoms with Crippen LogP contribution in [-0.4, -0.2) is 92.6 Å². The second-order valence-corrected chi connectivity index (χ2v) is 11.1. The maximum atomic E-state index is 13.3. The Kier molecular flexibility index (Phi) is 8.87. The van der Waals surface area contributed by atoms with Crippen molar-refractivity contribution in [3.8, 4) is 0 Å². The summed E-state index contributed by atoms with van der Waals surface area (Å²) in [6, 6.07) is 5.87. The fraction of sp³-hybridized carbons (Fsp3) is 0.667. The molecule has 0 atom stereocenters. The number of hydrogen-bond donors (Lipinski definition) is 2. The second-order valence-electron chi connectivity index (χ2n) is 8.87. The Morgan fingerprint density at radius 3 is 2.05 bits per heavy atom. The summed E-state index contributed by atoms with van der Waals surface area (Å²) in [6.07, 6.45) is -6.67. The molecule has 2 fully saturated rings. The third-order valence-electron chi connectivity index (χ3n) is 6.56. The molecule has 1 aromatic carbocycles. The normalized spacial score (nSPS) is 19.8. The van der Waals surface area contributed by atoms with Gasteiger partial charge in [0.1, 0.15) is 6.61 Å². The van der Waals surface area contributed by atoms with Gasteiger partial charge < -0.3 is 14.4 Å². The predicted molar refractivity (Wildman–Crippen MR) is 117 cm³/mol. The third kappa shape index (κ3) is 5.71. The summed E-state index contributed by atoms with van der Waals surface area (Å²) in [5.41, 5.74) is 2.29. The van der Waals surface area contributed by atoms with Gasteiger partial charge in [0.05, 0.1) is 6.61 Å². The number of nitrogens with zero attached hydrogens (tertiary/aromatic N) is 2. The smallest absolute Gasteiger partial charge is 0.381 e. The highest BCUT2D eigenvalue weighted by atomic mass is 32.2. The average molecular weight is 582 g/mol. The van der Waals surface area contributed by atoms with Crippen molar-refractivity contribution in [1.82, 2.24) is 9.79 Å². The van der Waals surface area contributed by atoms with Crippen molar-refractivity contribution in [2.24, 2.45) is 0 Å². The van der Waals surface area contributed by atoms with Crippen LogP contribution in [0.5, 0.6) is 0 Å². The lowest BCUT2D eigenvalue weighted by Crippen LogP contribution is -2.62. The molecular weight excluding hydrogens is 555 g/mol. The van der Waals surface area contributed by atoms with Gasteiger partial charge in [-0.05, 0) is 17.7 Å². The average Bonchev–Trinajstić information content (AvgIpc) is 2.88. The van der Waals surface area contributed by atoms with Crippen molar-refractivity contribution in [2.75, 3.05) is 50.9 Å². The van der Waals surface area contributed by atoms with Gasteiger partial charge in [-0.3, -0.25) is 10.0 Å². The molecule has 2 aliphatic heterocycles. The monoisotopic (exact) mass is 581 g/mol. The third-order valence-corrected chi connectivity index (χ3v) is 9.18. The highest BCUT2D eigenvalue weighted by Crippen LogP contribution is 2.46. The number of rotatable bonds is 9. The van der Waals surface area contributed by atoms with Gasteiger partial charge in [-0.25, -0.2) is 13.9 Å². The van der Waals surface area contributed by atoms with Crippen LogP contribution < -0.4 is 10.4 Å². The summed E-state index contributed by atoms with van der Waals surface area (Å²) in [5.74, 6) is -12.7. The number of benzene rings is 1. The number of carbonyl (C=O) groups is 1. The Hall–Kier alpha value is -2.21. The summed E-state index contributed by atoms with van der Waals surface area (Å²) in [5, 5.41) is 9.13. The highest BCUT2D eigenvalue weighted by molar-refractivity contribution is 7.91. The molecule has 0 spiro atoms. The van der Waals surface area contributed by atoms with Crippen LogP contribution in [-0.2, 0) is 30.9 Å². The van der Waals surface area contributed by atoms with Crippen molar-refractivity contribution < 1.29 is 58.6 Å². The van der Waals surface area contributed by atoms with Crippen LogP contribution >= 0.6 is 0 Å². The van der Waals surface area contributed by atoms with E-state index in [-0.39, 0.29) is 57.8 Å². The number of nitrogens with one attached hydrogen (secondary N) is 1. The quantitative estimate of drug-likeness (QED) is 0.262. The lowest BCUT2D eigenvalue weighted by atomic mass is 9.98. The Labute approximate surface area is 213 Å². The summed E-state index contributed by atoms with van der Waals surface area (Å²) >= 11 is 0. The van der Waals surface area contributed by atoms with Crippen molar-refractivity contribution in [3.05, 3.63) is 29.8 Å². The number of hydroxylamine groups is 1. The van der Waals surface area contributed by atoms with Gasteiger partial charge in [-0.15, -0.1) is 0 Å². The van der Waals surface area contributed by atoms with E-state index < -0.39 is 51.9 Å². The molecule has 17 heteroatoms. The summed E-state index contributed by atoms with van der Waals surface area (Å²) in [4.78, 5) is 14.1. The summed E-state index contributed by atoms with van der Waals surface area (Å²) in [6.45, 7) is -2.22. The lowest BCUT2D eigenvalue weighted by molar-refractivity contribution is -0.361. The summed E-state index contributed by atoms with van der Waals surface area (Å²) in [7, 11) is -4.16. The number of piperazine rings is 1. The van der Waals surface area contributed by atoms with Crippen LogP contribution in [0.2, 0.25) is 0 Å². The molecule has 1 amide bonds. The first-order valence-corrected chi connectivity index (χ1v) is 12.8. The predicted octanol–water partition coefficient (Wildman–Crippen LogP) is 2.54. The molecule has 2 aliphatic rings. The largest absolute Gasteiger partial charge is 0.459 e. The van der Waals surface area contributed by atoms with Gasteiger partial charge in [0.2, 0.25) is 10.0 Å². The van der Waals surface area contributed by atoms with Crippen molar-refractivity contribution >= 4 is 21.6 Å². The van der Waals surface area contributed by atoms with E-state index in [1.807, 2.05) is 0 Å². The fourth-order valence-electron chi connectivity index (χ4n) is 4.24. The van der Waals surface area contributed by atoms with E-state index >= 15 is 0 Å². The molecule has 216 valence electrons. The van der Waals surface area contributed by atoms with E-state index in [0.717, 1.165) is 0 Å². The Morgan fingerprint density at radius 1 is 1.00 bits per heavy atom. The van der Waals surface area contributed by atoms with Crippen LogP contribution in [0.1, 0.15) is 18.4 Å². The van der Waals surface area contributed by atoms with Crippen molar-refractivity contribution in [2.45, 2.75) is 42.2 Å². The number of amides is 1.